The summed E-state index contributed by atoms with van der Waals surface area (Å²) >= 11 is 0. The van der Waals surface area contributed by atoms with Crippen molar-refractivity contribution in [3.05, 3.63) is 35.5 Å². The fourth-order valence-corrected chi connectivity index (χ4v) is 3.41. The predicted octanol–water partition coefficient (Wildman–Crippen LogP) is 5.43. The first-order valence-electron chi connectivity index (χ1n) is 7.10. The van der Waals surface area contributed by atoms with E-state index in [1.54, 1.807) is 5.57 Å². The van der Waals surface area contributed by atoms with Gasteiger partial charge >= 0.3 is 0 Å². The molecule has 2 bridgehead atoms. The molecule has 1 fully saturated rings. The summed E-state index contributed by atoms with van der Waals surface area (Å²) in [5, 5.41) is 0. The van der Waals surface area contributed by atoms with Crippen molar-refractivity contribution < 1.29 is 0 Å². The second-order valence-electron chi connectivity index (χ2n) is 6.17. The standard InChI is InChI=1S/C17H26/c1-4-15(7-5-6-14(2)3)12-17-10-8-16(13-17)9-11-17/h4,6,8,10,16H,5,7,9,11-13H2,1-3H3. The van der Waals surface area contributed by atoms with Crippen LogP contribution in [0.3, 0.4) is 0 Å². The van der Waals surface area contributed by atoms with Gasteiger partial charge in [0.05, 0.1) is 0 Å². The highest BCUT2D eigenvalue weighted by Gasteiger charge is 2.40. The van der Waals surface area contributed by atoms with Crippen molar-refractivity contribution in [2.45, 2.75) is 59.3 Å². The van der Waals surface area contributed by atoms with Gasteiger partial charge in [-0.15, -0.1) is 0 Å². The molecule has 0 nitrogen and oxygen atoms in total. The monoisotopic (exact) mass is 230 g/mol. The molecule has 2 aliphatic carbocycles. The van der Waals surface area contributed by atoms with Crippen LogP contribution in [0, 0.1) is 11.3 Å². The van der Waals surface area contributed by atoms with Crippen molar-refractivity contribution in [1.82, 2.24) is 0 Å². The van der Waals surface area contributed by atoms with Gasteiger partial charge in [0, 0.05) is 0 Å². The molecule has 0 heterocycles. The third-order valence-corrected chi connectivity index (χ3v) is 4.41. The van der Waals surface area contributed by atoms with Gasteiger partial charge in [-0.2, -0.15) is 0 Å². The van der Waals surface area contributed by atoms with E-state index in [1.165, 1.54) is 44.1 Å². The first-order valence-corrected chi connectivity index (χ1v) is 7.10. The second-order valence-corrected chi connectivity index (χ2v) is 6.17. The Labute approximate surface area is 106 Å². The molecule has 0 spiro atoms. The second kappa shape index (κ2) is 5.25. The fourth-order valence-electron chi connectivity index (χ4n) is 3.41. The molecular weight excluding hydrogens is 204 g/mol. The molecule has 2 aliphatic rings. The Kier molecular flexibility index (Phi) is 3.91. The van der Waals surface area contributed by atoms with Crippen molar-refractivity contribution in [3.63, 3.8) is 0 Å². The lowest BCUT2D eigenvalue weighted by Gasteiger charge is -2.25. The smallest absolute Gasteiger partial charge is 0.00752 e. The maximum Gasteiger partial charge on any atom is -0.00752 e. The zero-order chi connectivity index (χ0) is 12.3. The van der Waals surface area contributed by atoms with Gasteiger partial charge in [0.15, 0.2) is 0 Å². The highest BCUT2D eigenvalue weighted by molar-refractivity contribution is 5.20. The molecule has 17 heavy (non-hydrogen) atoms. The minimum atomic E-state index is 0.553. The number of hydrogen-bond acceptors (Lipinski definition) is 0. The van der Waals surface area contributed by atoms with Crippen LogP contribution >= 0.6 is 0 Å². The molecule has 0 radical (unpaired) electrons. The summed E-state index contributed by atoms with van der Waals surface area (Å²) in [4.78, 5) is 0. The van der Waals surface area contributed by atoms with Crippen molar-refractivity contribution in [3.8, 4) is 0 Å². The number of hydrogen-bond donors (Lipinski definition) is 0. The number of allylic oxidation sites excluding steroid dienone is 6. The van der Waals surface area contributed by atoms with Crippen LogP contribution in [0.1, 0.15) is 59.3 Å². The van der Waals surface area contributed by atoms with Crippen LogP contribution in [0.4, 0.5) is 0 Å². The molecule has 0 amide bonds. The van der Waals surface area contributed by atoms with Crippen LogP contribution < -0.4 is 0 Å². The van der Waals surface area contributed by atoms with Crippen molar-refractivity contribution in [1.29, 1.82) is 0 Å². The third-order valence-electron chi connectivity index (χ3n) is 4.41. The number of fused-ring (bicyclic) bond motifs is 2. The van der Waals surface area contributed by atoms with Gasteiger partial charge in [0.2, 0.25) is 0 Å². The van der Waals surface area contributed by atoms with E-state index in [0.29, 0.717) is 5.41 Å². The Morgan fingerprint density at radius 3 is 2.71 bits per heavy atom. The quantitative estimate of drug-likeness (QED) is 0.553. The first-order chi connectivity index (χ1) is 8.13. The molecule has 0 heteroatoms. The van der Waals surface area contributed by atoms with E-state index >= 15 is 0 Å². The Hall–Kier alpha value is -0.780. The first kappa shape index (κ1) is 12.7. The zero-order valence-electron chi connectivity index (χ0n) is 11.6. The van der Waals surface area contributed by atoms with Crippen LogP contribution in [0.25, 0.3) is 0 Å². The Bertz CT molecular complexity index is 352. The molecule has 2 unspecified atom stereocenters. The van der Waals surface area contributed by atoms with E-state index in [0.717, 1.165) is 5.92 Å². The molecule has 1 saturated carbocycles. The van der Waals surface area contributed by atoms with Gasteiger partial charge in [0.25, 0.3) is 0 Å². The summed E-state index contributed by atoms with van der Waals surface area (Å²) < 4.78 is 0. The van der Waals surface area contributed by atoms with Gasteiger partial charge in [0.1, 0.15) is 0 Å². The maximum absolute atomic E-state index is 2.52. The van der Waals surface area contributed by atoms with Crippen LogP contribution in [-0.2, 0) is 0 Å². The predicted molar refractivity (Wildman–Crippen MR) is 76.0 cm³/mol. The summed E-state index contributed by atoms with van der Waals surface area (Å²) in [6, 6.07) is 0. The molecule has 0 aliphatic heterocycles. The average molecular weight is 230 g/mol. The molecule has 0 aromatic carbocycles. The van der Waals surface area contributed by atoms with E-state index < -0.39 is 0 Å². The normalized spacial score (nSPS) is 31.0. The van der Waals surface area contributed by atoms with Gasteiger partial charge in [-0.05, 0) is 70.6 Å². The van der Waals surface area contributed by atoms with Crippen molar-refractivity contribution >= 4 is 0 Å². The molecule has 2 rings (SSSR count). The van der Waals surface area contributed by atoms with Crippen LogP contribution in [-0.4, -0.2) is 0 Å². The topological polar surface area (TPSA) is 0 Å². The summed E-state index contributed by atoms with van der Waals surface area (Å²) in [6.45, 7) is 6.59. The van der Waals surface area contributed by atoms with Crippen LogP contribution in [0.15, 0.2) is 35.5 Å². The summed E-state index contributed by atoms with van der Waals surface area (Å²) in [5.41, 5.74) is 3.66. The van der Waals surface area contributed by atoms with Crippen molar-refractivity contribution in [2.24, 2.45) is 11.3 Å². The van der Waals surface area contributed by atoms with Gasteiger partial charge < -0.3 is 0 Å². The van der Waals surface area contributed by atoms with E-state index in [9.17, 15) is 0 Å². The number of rotatable bonds is 5. The minimum Gasteiger partial charge on any atom is -0.0884 e. The summed E-state index contributed by atoms with van der Waals surface area (Å²) in [5.74, 6) is 0.908. The summed E-state index contributed by atoms with van der Waals surface area (Å²) in [6.07, 6.45) is 17.8. The zero-order valence-corrected chi connectivity index (χ0v) is 11.6. The molecule has 2 atom stereocenters. The third kappa shape index (κ3) is 3.12. The van der Waals surface area contributed by atoms with E-state index in [-0.39, 0.29) is 0 Å². The van der Waals surface area contributed by atoms with Gasteiger partial charge in [-0.3, -0.25) is 0 Å². The molecule has 0 aromatic heterocycles. The molecular formula is C17H26. The lowest BCUT2D eigenvalue weighted by atomic mass is 9.80. The Balaban J connectivity index is 1.88. The molecule has 0 saturated heterocycles. The summed E-state index contributed by atoms with van der Waals surface area (Å²) in [7, 11) is 0. The Morgan fingerprint density at radius 2 is 2.24 bits per heavy atom. The fraction of sp³-hybridized carbons (Fsp3) is 0.647. The van der Waals surface area contributed by atoms with Crippen LogP contribution in [0.2, 0.25) is 0 Å². The highest BCUT2D eigenvalue weighted by Crippen LogP contribution is 2.52. The van der Waals surface area contributed by atoms with Crippen LogP contribution in [0.5, 0.6) is 0 Å². The van der Waals surface area contributed by atoms with Gasteiger partial charge in [-0.1, -0.05) is 35.5 Å². The minimum absolute atomic E-state index is 0.553. The van der Waals surface area contributed by atoms with Crippen molar-refractivity contribution in [2.75, 3.05) is 0 Å². The van der Waals surface area contributed by atoms with Gasteiger partial charge in [-0.25, -0.2) is 0 Å². The molecule has 94 valence electrons. The lowest BCUT2D eigenvalue weighted by Crippen LogP contribution is -2.12. The van der Waals surface area contributed by atoms with E-state index in [2.05, 4.69) is 45.1 Å². The highest BCUT2D eigenvalue weighted by atomic mass is 14.4. The van der Waals surface area contributed by atoms with E-state index in [1.807, 2.05) is 0 Å². The SMILES string of the molecule is CC=C(CCC=C(C)C)CC12C=CC(CC1)C2. The molecule has 0 N–H and O–H groups in total. The average Bonchev–Trinajstić information content (AvgIpc) is 2.87. The van der Waals surface area contributed by atoms with E-state index in [4.69, 9.17) is 0 Å². The molecule has 0 aromatic rings. The lowest BCUT2D eigenvalue weighted by molar-refractivity contribution is 0.394. The largest absolute Gasteiger partial charge is 0.0884 e. The Morgan fingerprint density at radius 1 is 1.41 bits per heavy atom. The maximum atomic E-state index is 2.52.